The van der Waals surface area contributed by atoms with E-state index in [1.54, 1.807) is 36.1 Å². The molecule has 0 fully saturated rings. The summed E-state index contributed by atoms with van der Waals surface area (Å²) in [5.74, 6) is -0.402. The number of fused-ring (bicyclic) bond motifs is 1. The van der Waals surface area contributed by atoms with Gasteiger partial charge in [-0.25, -0.2) is 9.37 Å². The molecular weight excluding hydrogens is 361 g/mol. The van der Waals surface area contributed by atoms with Gasteiger partial charge in [-0.2, -0.15) is 0 Å². The van der Waals surface area contributed by atoms with Crippen molar-refractivity contribution in [2.45, 2.75) is 26.0 Å². The van der Waals surface area contributed by atoms with Crippen LogP contribution < -0.4 is 10.1 Å². The predicted octanol–water partition coefficient (Wildman–Crippen LogP) is 2.33. The molecule has 0 unspecified atom stereocenters. The highest BCUT2D eigenvalue weighted by molar-refractivity contribution is 5.98. The fraction of sp³-hybridized carbons (Fsp3) is 0.429. The Balaban J connectivity index is 2.09. The third kappa shape index (κ3) is 4.00. The van der Waals surface area contributed by atoms with E-state index >= 15 is 0 Å². The van der Waals surface area contributed by atoms with E-state index in [4.69, 9.17) is 4.74 Å². The Morgan fingerprint density at radius 1 is 1.39 bits per heavy atom. The number of hydrogen-bond acceptors (Lipinski definition) is 5. The zero-order valence-corrected chi connectivity index (χ0v) is 16.4. The molecule has 0 saturated heterocycles. The van der Waals surface area contributed by atoms with Gasteiger partial charge in [0.15, 0.2) is 0 Å². The SMILES string of the molecule is CNC[C@@H]1Oc2ncc(-c3ccccc3F)cc2C(=O)N([C@@H](C)CO)C[C@@H]1C. The average Bonchev–Trinajstić information content (AvgIpc) is 2.70. The van der Waals surface area contributed by atoms with Gasteiger partial charge in [0, 0.05) is 36.3 Å². The van der Waals surface area contributed by atoms with Crippen LogP contribution in [0.4, 0.5) is 4.39 Å². The number of pyridine rings is 1. The molecule has 1 amide bonds. The number of benzene rings is 1. The first-order valence-electron chi connectivity index (χ1n) is 9.44. The summed E-state index contributed by atoms with van der Waals surface area (Å²) >= 11 is 0. The summed E-state index contributed by atoms with van der Waals surface area (Å²) in [6, 6.07) is 7.63. The zero-order valence-electron chi connectivity index (χ0n) is 16.4. The molecule has 0 bridgehead atoms. The fourth-order valence-corrected chi connectivity index (χ4v) is 3.39. The van der Waals surface area contributed by atoms with Gasteiger partial charge in [0.1, 0.15) is 17.5 Å². The van der Waals surface area contributed by atoms with E-state index in [0.717, 1.165) is 0 Å². The van der Waals surface area contributed by atoms with Crippen molar-refractivity contribution in [3.8, 4) is 17.0 Å². The summed E-state index contributed by atoms with van der Waals surface area (Å²) in [7, 11) is 1.84. The Labute approximate surface area is 164 Å². The third-order valence-corrected chi connectivity index (χ3v) is 5.11. The van der Waals surface area contributed by atoms with Crippen molar-refractivity contribution in [1.82, 2.24) is 15.2 Å². The molecule has 1 aromatic carbocycles. The number of carbonyl (C=O) groups excluding carboxylic acids is 1. The van der Waals surface area contributed by atoms with Crippen LogP contribution in [0, 0.1) is 11.7 Å². The lowest BCUT2D eigenvalue weighted by molar-refractivity contribution is 0.0404. The average molecular weight is 387 g/mol. The molecule has 3 rings (SSSR count). The lowest BCUT2D eigenvalue weighted by Crippen LogP contribution is -2.49. The number of ether oxygens (including phenoxy) is 1. The van der Waals surface area contributed by atoms with Gasteiger partial charge in [0.25, 0.3) is 5.91 Å². The van der Waals surface area contributed by atoms with Crippen molar-refractivity contribution in [2.24, 2.45) is 5.92 Å². The first kappa shape index (κ1) is 20.2. The number of nitrogens with one attached hydrogen (secondary N) is 1. The Kier molecular flexibility index (Phi) is 6.26. The largest absolute Gasteiger partial charge is 0.472 e. The quantitative estimate of drug-likeness (QED) is 0.824. The van der Waals surface area contributed by atoms with E-state index in [1.165, 1.54) is 12.3 Å². The number of halogens is 1. The monoisotopic (exact) mass is 387 g/mol. The van der Waals surface area contributed by atoms with E-state index in [-0.39, 0.29) is 47.8 Å². The van der Waals surface area contributed by atoms with E-state index < -0.39 is 0 Å². The summed E-state index contributed by atoms with van der Waals surface area (Å²) in [6.45, 7) is 4.69. The van der Waals surface area contributed by atoms with Gasteiger partial charge in [-0.05, 0) is 26.1 Å². The molecule has 3 atom stereocenters. The highest BCUT2D eigenvalue weighted by Gasteiger charge is 2.33. The molecule has 0 spiro atoms. The van der Waals surface area contributed by atoms with E-state index in [0.29, 0.717) is 24.2 Å². The van der Waals surface area contributed by atoms with Crippen LogP contribution in [-0.2, 0) is 0 Å². The Bertz CT molecular complexity index is 845. The maximum absolute atomic E-state index is 14.2. The topological polar surface area (TPSA) is 74.7 Å². The van der Waals surface area contributed by atoms with Crippen LogP contribution in [0.1, 0.15) is 24.2 Å². The molecular formula is C21H26FN3O3. The lowest BCUT2D eigenvalue weighted by Gasteiger charge is -2.36. The second-order valence-corrected chi connectivity index (χ2v) is 7.24. The van der Waals surface area contributed by atoms with Crippen LogP contribution in [0.2, 0.25) is 0 Å². The smallest absolute Gasteiger partial charge is 0.259 e. The molecule has 2 heterocycles. The van der Waals surface area contributed by atoms with Crippen LogP contribution in [0.25, 0.3) is 11.1 Å². The molecule has 1 aliphatic heterocycles. The van der Waals surface area contributed by atoms with Gasteiger partial charge >= 0.3 is 0 Å². The van der Waals surface area contributed by atoms with Gasteiger partial charge in [-0.1, -0.05) is 25.1 Å². The van der Waals surface area contributed by atoms with Crippen molar-refractivity contribution in [2.75, 3.05) is 26.7 Å². The van der Waals surface area contributed by atoms with E-state index in [2.05, 4.69) is 10.3 Å². The number of aliphatic hydroxyl groups is 1. The molecule has 2 aromatic rings. The van der Waals surface area contributed by atoms with Crippen molar-refractivity contribution in [3.63, 3.8) is 0 Å². The summed E-state index contributed by atoms with van der Waals surface area (Å²) in [5.41, 5.74) is 1.15. The molecule has 7 heteroatoms. The number of carbonyl (C=O) groups is 1. The lowest BCUT2D eigenvalue weighted by atomic mass is 9.99. The maximum atomic E-state index is 14.2. The minimum atomic E-state index is -0.384. The van der Waals surface area contributed by atoms with Gasteiger partial charge < -0.3 is 20.1 Å². The Hall–Kier alpha value is -2.51. The molecule has 1 aromatic heterocycles. The minimum absolute atomic E-state index is 0.0339. The van der Waals surface area contributed by atoms with Gasteiger partial charge in [0.05, 0.1) is 12.6 Å². The second-order valence-electron chi connectivity index (χ2n) is 7.24. The van der Waals surface area contributed by atoms with Crippen molar-refractivity contribution >= 4 is 5.91 Å². The minimum Gasteiger partial charge on any atom is -0.472 e. The summed E-state index contributed by atoms with van der Waals surface area (Å²) in [6.07, 6.45) is 1.32. The predicted molar refractivity (Wildman–Crippen MR) is 105 cm³/mol. The van der Waals surface area contributed by atoms with E-state index in [9.17, 15) is 14.3 Å². The number of rotatable bonds is 5. The summed E-state index contributed by atoms with van der Waals surface area (Å²) in [5, 5.41) is 12.7. The van der Waals surface area contributed by atoms with Crippen molar-refractivity contribution in [3.05, 3.63) is 47.9 Å². The molecule has 1 aliphatic rings. The first-order valence-corrected chi connectivity index (χ1v) is 9.44. The molecule has 0 radical (unpaired) electrons. The third-order valence-electron chi connectivity index (χ3n) is 5.11. The zero-order chi connectivity index (χ0) is 20.3. The Morgan fingerprint density at radius 3 is 2.82 bits per heavy atom. The van der Waals surface area contributed by atoms with Gasteiger partial charge in [-0.3, -0.25) is 4.79 Å². The van der Waals surface area contributed by atoms with Crippen LogP contribution in [0.3, 0.4) is 0 Å². The van der Waals surface area contributed by atoms with E-state index in [1.807, 2.05) is 14.0 Å². The van der Waals surface area contributed by atoms with Crippen LogP contribution in [-0.4, -0.2) is 59.8 Å². The highest BCUT2D eigenvalue weighted by Crippen LogP contribution is 2.30. The Morgan fingerprint density at radius 2 is 2.14 bits per heavy atom. The van der Waals surface area contributed by atoms with Gasteiger partial charge in [-0.15, -0.1) is 0 Å². The first-order chi connectivity index (χ1) is 13.5. The maximum Gasteiger partial charge on any atom is 0.259 e. The standard InChI is InChI=1S/C21H26FN3O3/c1-13-11-25(14(2)12-26)21(27)17-8-15(16-6-4-5-7-18(16)22)9-24-20(17)28-19(13)10-23-3/h4-9,13-14,19,23,26H,10-12H2,1-3H3/t13-,14-,19-/m0/s1. The van der Waals surface area contributed by atoms with Crippen LogP contribution in [0.15, 0.2) is 36.5 Å². The number of likely N-dealkylation sites (N-methyl/N-ethyl adjacent to an activating group) is 1. The number of nitrogens with zero attached hydrogens (tertiary/aromatic N) is 2. The summed E-state index contributed by atoms with van der Waals surface area (Å²) < 4.78 is 20.3. The van der Waals surface area contributed by atoms with Crippen LogP contribution >= 0.6 is 0 Å². The summed E-state index contributed by atoms with van der Waals surface area (Å²) in [4.78, 5) is 19.2. The number of amides is 1. The number of aliphatic hydroxyl groups excluding tert-OH is 1. The molecule has 28 heavy (non-hydrogen) atoms. The van der Waals surface area contributed by atoms with Crippen LogP contribution in [0.5, 0.6) is 5.88 Å². The van der Waals surface area contributed by atoms with Crippen molar-refractivity contribution in [1.29, 1.82) is 0 Å². The molecule has 150 valence electrons. The number of hydrogen-bond donors (Lipinski definition) is 2. The van der Waals surface area contributed by atoms with Gasteiger partial charge in [0.2, 0.25) is 5.88 Å². The molecule has 6 nitrogen and oxygen atoms in total. The molecule has 2 N–H and O–H groups in total. The normalized spacial score (nSPS) is 20.8. The molecule has 0 saturated carbocycles. The van der Waals surface area contributed by atoms with Crippen molar-refractivity contribution < 1.29 is 19.0 Å². The number of aromatic nitrogens is 1. The molecule has 0 aliphatic carbocycles. The fourth-order valence-electron chi connectivity index (χ4n) is 3.39. The highest BCUT2D eigenvalue weighted by atomic mass is 19.1. The second kappa shape index (κ2) is 8.67.